The van der Waals surface area contributed by atoms with E-state index >= 15 is 0 Å². The van der Waals surface area contributed by atoms with Crippen LogP contribution in [0.15, 0.2) is 24.3 Å². The van der Waals surface area contributed by atoms with Gasteiger partial charge in [0.25, 0.3) is 0 Å². The molecule has 0 spiro atoms. The minimum absolute atomic E-state index is 0.00449. The Bertz CT molecular complexity index is 575. The van der Waals surface area contributed by atoms with Gasteiger partial charge in [-0.2, -0.15) is 0 Å². The van der Waals surface area contributed by atoms with Gasteiger partial charge in [0.1, 0.15) is 6.54 Å². The number of amides is 1. The topological polar surface area (TPSA) is 66.5 Å². The van der Waals surface area contributed by atoms with E-state index in [4.69, 9.17) is 11.6 Å². The molecule has 0 heterocycles. The monoisotopic (exact) mass is 318 g/mol. The molecule has 112 valence electrons. The van der Waals surface area contributed by atoms with Gasteiger partial charge in [0.2, 0.25) is 15.9 Å². The van der Waals surface area contributed by atoms with Gasteiger partial charge >= 0.3 is 0 Å². The highest BCUT2D eigenvalue weighted by atomic mass is 35.5. The third kappa shape index (κ3) is 4.68. The molecule has 0 fully saturated rings. The average Bonchev–Trinajstić information content (AvgIpc) is 2.35. The number of carbonyl (C=O) groups is 1. The third-order valence-electron chi connectivity index (χ3n) is 2.83. The second-order valence-electron chi connectivity index (χ2n) is 4.60. The average molecular weight is 319 g/mol. The first-order chi connectivity index (χ1) is 9.25. The van der Waals surface area contributed by atoms with Crippen LogP contribution < -0.4 is 9.62 Å². The largest absolute Gasteiger partial charge is 0.352 e. The van der Waals surface area contributed by atoms with Crippen LogP contribution in [0.2, 0.25) is 5.02 Å². The summed E-state index contributed by atoms with van der Waals surface area (Å²) >= 11 is 6.00. The molecular weight excluding hydrogens is 300 g/mol. The Morgan fingerprint density at radius 3 is 2.50 bits per heavy atom. The van der Waals surface area contributed by atoms with Crippen molar-refractivity contribution in [3.63, 3.8) is 0 Å². The molecular formula is C13H19ClN2O3S. The van der Waals surface area contributed by atoms with Gasteiger partial charge in [-0.05, 0) is 25.5 Å². The summed E-state index contributed by atoms with van der Waals surface area (Å²) in [5, 5.41) is 3.02. The zero-order chi connectivity index (χ0) is 15.3. The molecule has 0 aliphatic heterocycles. The molecule has 20 heavy (non-hydrogen) atoms. The fraction of sp³-hybridized carbons (Fsp3) is 0.462. The molecule has 5 nitrogen and oxygen atoms in total. The van der Waals surface area contributed by atoms with Crippen molar-refractivity contribution in [2.75, 3.05) is 17.1 Å². The van der Waals surface area contributed by atoms with E-state index < -0.39 is 10.0 Å². The van der Waals surface area contributed by atoms with Crippen molar-refractivity contribution in [1.29, 1.82) is 0 Å². The maximum atomic E-state index is 11.9. The lowest BCUT2D eigenvalue weighted by Crippen LogP contribution is -2.43. The lowest BCUT2D eigenvalue weighted by molar-refractivity contribution is -0.120. The molecule has 1 N–H and O–H groups in total. The Balaban J connectivity index is 2.99. The van der Waals surface area contributed by atoms with E-state index in [1.807, 2.05) is 13.8 Å². The van der Waals surface area contributed by atoms with E-state index in [-0.39, 0.29) is 23.5 Å². The Morgan fingerprint density at radius 2 is 2.00 bits per heavy atom. The van der Waals surface area contributed by atoms with Gasteiger partial charge in [-0.15, -0.1) is 0 Å². The van der Waals surface area contributed by atoms with Crippen LogP contribution in [-0.4, -0.2) is 33.2 Å². The number of rotatable bonds is 6. The van der Waals surface area contributed by atoms with Crippen molar-refractivity contribution < 1.29 is 13.2 Å². The maximum Gasteiger partial charge on any atom is 0.240 e. The molecule has 0 radical (unpaired) electrons. The number of para-hydroxylation sites is 1. The minimum Gasteiger partial charge on any atom is -0.352 e. The number of hydrogen-bond donors (Lipinski definition) is 1. The van der Waals surface area contributed by atoms with Gasteiger partial charge in [-0.3, -0.25) is 9.10 Å². The minimum atomic E-state index is -3.59. The van der Waals surface area contributed by atoms with Crippen LogP contribution in [0.4, 0.5) is 5.69 Å². The molecule has 1 atom stereocenters. The number of nitrogens with one attached hydrogen (secondary N) is 1. The third-order valence-corrected chi connectivity index (χ3v) is 4.27. The van der Waals surface area contributed by atoms with E-state index in [9.17, 15) is 13.2 Å². The number of hydrogen-bond acceptors (Lipinski definition) is 3. The second kappa shape index (κ2) is 6.95. The first kappa shape index (κ1) is 16.8. The second-order valence-corrected chi connectivity index (χ2v) is 6.91. The molecule has 0 aromatic heterocycles. The molecule has 0 saturated carbocycles. The molecule has 0 aliphatic carbocycles. The summed E-state index contributed by atoms with van der Waals surface area (Å²) in [6.07, 6.45) is 1.82. The van der Waals surface area contributed by atoms with Crippen molar-refractivity contribution in [1.82, 2.24) is 5.32 Å². The van der Waals surface area contributed by atoms with Crippen LogP contribution in [0.1, 0.15) is 20.3 Å². The molecule has 1 rings (SSSR count). The van der Waals surface area contributed by atoms with E-state index in [1.54, 1.807) is 24.3 Å². The highest BCUT2D eigenvalue weighted by Gasteiger charge is 2.23. The summed E-state index contributed by atoms with van der Waals surface area (Å²) in [6, 6.07) is 6.52. The highest BCUT2D eigenvalue weighted by molar-refractivity contribution is 7.92. The number of sulfonamides is 1. The molecule has 1 aromatic rings. The molecule has 1 amide bonds. The normalized spacial score (nSPS) is 12.8. The number of carbonyl (C=O) groups excluding carboxylic acids is 1. The fourth-order valence-corrected chi connectivity index (χ4v) is 2.74. The molecule has 0 aliphatic rings. The van der Waals surface area contributed by atoms with Crippen molar-refractivity contribution in [3.05, 3.63) is 29.3 Å². The quantitative estimate of drug-likeness (QED) is 0.872. The lowest BCUT2D eigenvalue weighted by atomic mass is 10.2. The molecule has 0 saturated heterocycles. The fourth-order valence-electron chi connectivity index (χ4n) is 1.59. The van der Waals surface area contributed by atoms with Crippen molar-refractivity contribution >= 4 is 33.2 Å². The van der Waals surface area contributed by atoms with Crippen LogP contribution in [0.25, 0.3) is 0 Å². The van der Waals surface area contributed by atoms with Crippen LogP contribution in [0.5, 0.6) is 0 Å². The van der Waals surface area contributed by atoms with E-state index in [1.165, 1.54) is 0 Å². The zero-order valence-corrected chi connectivity index (χ0v) is 13.3. The summed E-state index contributed by atoms with van der Waals surface area (Å²) < 4.78 is 24.7. The van der Waals surface area contributed by atoms with E-state index in [0.29, 0.717) is 5.69 Å². The van der Waals surface area contributed by atoms with E-state index in [2.05, 4.69) is 5.32 Å². The zero-order valence-electron chi connectivity index (χ0n) is 11.8. The van der Waals surface area contributed by atoms with Crippen LogP contribution in [0, 0.1) is 0 Å². The van der Waals surface area contributed by atoms with Crippen molar-refractivity contribution in [2.45, 2.75) is 26.3 Å². The highest BCUT2D eigenvalue weighted by Crippen LogP contribution is 2.26. The Hall–Kier alpha value is -1.27. The number of nitrogens with zero attached hydrogens (tertiary/aromatic N) is 1. The van der Waals surface area contributed by atoms with Crippen LogP contribution >= 0.6 is 11.6 Å². The van der Waals surface area contributed by atoms with Crippen molar-refractivity contribution in [3.8, 4) is 0 Å². The van der Waals surface area contributed by atoms with Gasteiger partial charge < -0.3 is 5.32 Å². The predicted molar refractivity (Wildman–Crippen MR) is 81.5 cm³/mol. The summed E-state index contributed by atoms with van der Waals surface area (Å²) in [5.41, 5.74) is 0.302. The number of halogens is 1. The van der Waals surface area contributed by atoms with Gasteiger partial charge in [-0.1, -0.05) is 30.7 Å². The summed E-state index contributed by atoms with van der Waals surface area (Å²) in [5.74, 6) is -0.357. The number of anilines is 1. The van der Waals surface area contributed by atoms with Crippen LogP contribution in [0.3, 0.4) is 0 Å². The van der Waals surface area contributed by atoms with Crippen molar-refractivity contribution in [2.24, 2.45) is 0 Å². The van der Waals surface area contributed by atoms with Gasteiger partial charge in [0.05, 0.1) is 17.0 Å². The molecule has 7 heteroatoms. The SMILES string of the molecule is CCC(C)NC(=O)CN(c1ccccc1Cl)S(C)(=O)=O. The van der Waals surface area contributed by atoms with Gasteiger partial charge in [0, 0.05) is 6.04 Å². The standard InChI is InChI=1S/C13H19ClN2O3S/c1-4-10(2)15-13(17)9-16(20(3,18)19)12-8-6-5-7-11(12)14/h5-8,10H,4,9H2,1-3H3,(H,15,17). The summed E-state index contributed by atoms with van der Waals surface area (Å²) in [4.78, 5) is 11.9. The van der Waals surface area contributed by atoms with E-state index in [0.717, 1.165) is 17.0 Å². The molecule has 1 unspecified atom stereocenters. The smallest absolute Gasteiger partial charge is 0.240 e. The van der Waals surface area contributed by atoms with Gasteiger partial charge in [0.15, 0.2) is 0 Å². The summed E-state index contributed by atoms with van der Waals surface area (Å²) in [6.45, 7) is 3.51. The van der Waals surface area contributed by atoms with Crippen LogP contribution in [-0.2, 0) is 14.8 Å². The number of benzene rings is 1. The molecule has 0 bridgehead atoms. The summed E-state index contributed by atoms with van der Waals surface area (Å²) in [7, 11) is -3.59. The lowest BCUT2D eigenvalue weighted by Gasteiger charge is -2.23. The Labute approximate surface area is 125 Å². The maximum absolute atomic E-state index is 11.9. The first-order valence-electron chi connectivity index (χ1n) is 6.27. The Kier molecular flexibility index (Phi) is 5.83. The Morgan fingerprint density at radius 1 is 1.40 bits per heavy atom. The van der Waals surface area contributed by atoms with Gasteiger partial charge in [-0.25, -0.2) is 8.42 Å². The molecule has 1 aromatic carbocycles. The predicted octanol–water partition coefficient (Wildman–Crippen LogP) is 2.02. The first-order valence-corrected chi connectivity index (χ1v) is 8.50.